The van der Waals surface area contributed by atoms with E-state index in [1.165, 1.54) is 24.0 Å². The lowest BCUT2D eigenvalue weighted by Gasteiger charge is -2.18. The molecule has 1 atom stereocenters. The molecule has 1 aromatic carbocycles. The van der Waals surface area contributed by atoms with Crippen molar-refractivity contribution in [1.82, 2.24) is 0 Å². The van der Waals surface area contributed by atoms with Gasteiger partial charge in [0.25, 0.3) is 0 Å². The molecule has 90 valence electrons. The standard InChI is InChI=1S/C16H20O/c1-2-3-9-16-13-15(10-11-17-16)12-14-7-5-4-6-8-14/h4-8,10-11,13,16H,2-3,9,12H2,1H3. The minimum Gasteiger partial charge on any atom is -0.494 e. The van der Waals surface area contributed by atoms with Crippen LogP contribution in [0, 0.1) is 0 Å². The van der Waals surface area contributed by atoms with Crippen LogP contribution in [0.5, 0.6) is 0 Å². The van der Waals surface area contributed by atoms with Gasteiger partial charge in [0.1, 0.15) is 6.10 Å². The Bertz CT molecular complexity index is 389. The van der Waals surface area contributed by atoms with Crippen LogP contribution in [0.25, 0.3) is 0 Å². The summed E-state index contributed by atoms with van der Waals surface area (Å²) in [7, 11) is 0. The van der Waals surface area contributed by atoms with E-state index >= 15 is 0 Å². The first-order valence-electron chi connectivity index (χ1n) is 6.45. The maximum Gasteiger partial charge on any atom is 0.116 e. The van der Waals surface area contributed by atoms with Gasteiger partial charge in [0.2, 0.25) is 0 Å². The molecule has 2 rings (SSSR count). The maximum absolute atomic E-state index is 5.59. The van der Waals surface area contributed by atoms with E-state index in [-0.39, 0.29) is 6.10 Å². The number of rotatable bonds is 5. The number of hydrogen-bond acceptors (Lipinski definition) is 1. The highest BCUT2D eigenvalue weighted by molar-refractivity contribution is 5.30. The molecule has 1 aromatic rings. The summed E-state index contributed by atoms with van der Waals surface area (Å²) in [5, 5.41) is 0. The molecule has 0 fully saturated rings. The normalized spacial score (nSPS) is 18.6. The van der Waals surface area contributed by atoms with E-state index in [1.54, 1.807) is 0 Å². The first kappa shape index (κ1) is 12.0. The SMILES string of the molecule is CCCCC1C=C(Cc2ccccc2)C=CO1. The third kappa shape index (κ3) is 3.77. The van der Waals surface area contributed by atoms with Crippen molar-refractivity contribution in [3.8, 4) is 0 Å². The van der Waals surface area contributed by atoms with Gasteiger partial charge in [-0.25, -0.2) is 0 Å². The van der Waals surface area contributed by atoms with E-state index in [0.29, 0.717) is 0 Å². The van der Waals surface area contributed by atoms with Gasteiger partial charge < -0.3 is 4.74 Å². The molecule has 0 saturated carbocycles. The fourth-order valence-electron chi connectivity index (χ4n) is 2.07. The average Bonchev–Trinajstić information content (AvgIpc) is 2.38. The van der Waals surface area contributed by atoms with Crippen molar-refractivity contribution < 1.29 is 4.74 Å². The molecule has 0 radical (unpaired) electrons. The Kier molecular flexibility index (Phi) is 4.43. The Morgan fingerprint density at radius 2 is 2.00 bits per heavy atom. The van der Waals surface area contributed by atoms with Crippen molar-refractivity contribution in [2.45, 2.75) is 38.7 Å². The molecule has 0 aromatic heterocycles. The highest BCUT2D eigenvalue weighted by Crippen LogP contribution is 2.18. The summed E-state index contributed by atoms with van der Waals surface area (Å²) in [6.07, 6.45) is 11.1. The van der Waals surface area contributed by atoms with Gasteiger partial charge in [-0.1, -0.05) is 43.7 Å². The molecule has 1 aliphatic heterocycles. The Labute approximate surface area is 104 Å². The third-order valence-electron chi connectivity index (χ3n) is 3.03. The van der Waals surface area contributed by atoms with Crippen molar-refractivity contribution in [3.63, 3.8) is 0 Å². The van der Waals surface area contributed by atoms with Crippen molar-refractivity contribution in [1.29, 1.82) is 0 Å². The zero-order chi connectivity index (χ0) is 11.9. The molecule has 17 heavy (non-hydrogen) atoms. The molecule has 1 nitrogen and oxygen atoms in total. The number of unbranched alkanes of at least 4 members (excludes halogenated alkanes) is 1. The molecule has 1 heterocycles. The van der Waals surface area contributed by atoms with E-state index in [0.717, 1.165) is 12.8 Å². The van der Waals surface area contributed by atoms with Crippen LogP contribution >= 0.6 is 0 Å². The molecule has 1 heteroatoms. The summed E-state index contributed by atoms with van der Waals surface area (Å²) in [5.41, 5.74) is 2.73. The van der Waals surface area contributed by atoms with Gasteiger partial charge in [-0.3, -0.25) is 0 Å². The number of benzene rings is 1. The minimum absolute atomic E-state index is 0.277. The van der Waals surface area contributed by atoms with Crippen LogP contribution in [0.3, 0.4) is 0 Å². The molecule has 1 unspecified atom stereocenters. The van der Waals surface area contributed by atoms with Gasteiger partial charge in [-0.2, -0.15) is 0 Å². The van der Waals surface area contributed by atoms with Crippen molar-refractivity contribution in [2.24, 2.45) is 0 Å². The largest absolute Gasteiger partial charge is 0.494 e. The molecule has 0 bridgehead atoms. The van der Waals surface area contributed by atoms with Gasteiger partial charge in [-0.15, -0.1) is 0 Å². The molecular formula is C16H20O. The fraction of sp³-hybridized carbons (Fsp3) is 0.375. The number of allylic oxidation sites excluding steroid dienone is 2. The van der Waals surface area contributed by atoms with E-state index in [9.17, 15) is 0 Å². The first-order chi connectivity index (χ1) is 8.38. The second-order valence-electron chi connectivity index (χ2n) is 4.52. The van der Waals surface area contributed by atoms with Crippen molar-refractivity contribution in [2.75, 3.05) is 0 Å². The summed E-state index contributed by atoms with van der Waals surface area (Å²) < 4.78 is 5.59. The maximum atomic E-state index is 5.59. The fourth-order valence-corrected chi connectivity index (χ4v) is 2.07. The molecule has 0 N–H and O–H groups in total. The van der Waals surface area contributed by atoms with Gasteiger partial charge in [0, 0.05) is 0 Å². The Balaban J connectivity index is 1.96. The van der Waals surface area contributed by atoms with Crippen LogP contribution in [0.15, 0.2) is 54.3 Å². The monoisotopic (exact) mass is 228 g/mol. The molecule has 1 aliphatic rings. The molecule has 0 saturated heterocycles. The molecular weight excluding hydrogens is 208 g/mol. The lowest BCUT2D eigenvalue weighted by Crippen LogP contribution is -2.10. The summed E-state index contributed by atoms with van der Waals surface area (Å²) in [6.45, 7) is 2.22. The Morgan fingerprint density at radius 3 is 2.76 bits per heavy atom. The van der Waals surface area contributed by atoms with Crippen molar-refractivity contribution in [3.05, 3.63) is 59.9 Å². The van der Waals surface area contributed by atoms with Gasteiger partial charge in [0.05, 0.1) is 6.26 Å². The Morgan fingerprint density at radius 1 is 1.18 bits per heavy atom. The van der Waals surface area contributed by atoms with Gasteiger partial charge >= 0.3 is 0 Å². The lowest BCUT2D eigenvalue weighted by molar-refractivity contribution is 0.170. The van der Waals surface area contributed by atoms with Gasteiger partial charge in [-0.05, 0) is 42.6 Å². The van der Waals surface area contributed by atoms with Crippen LogP contribution in [0.4, 0.5) is 0 Å². The number of hydrogen-bond donors (Lipinski definition) is 0. The highest BCUT2D eigenvalue weighted by Gasteiger charge is 2.09. The predicted molar refractivity (Wildman–Crippen MR) is 71.8 cm³/mol. The van der Waals surface area contributed by atoms with Crippen LogP contribution < -0.4 is 0 Å². The Hall–Kier alpha value is -1.50. The zero-order valence-corrected chi connectivity index (χ0v) is 10.4. The second kappa shape index (κ2) is 6.29. The summed E-state index contributed by atoms with van der Waals surface area (Å²) in [4.78, 5) is 0. The van der Waals surface area contributed by atoms with E-state index < -0.39 is 0 Å². The first-order valence-corrected chi connectivity index (χ1v) is 6.45. The van der Waals surface area contributed by atoms with E-state index in [2.05, 4.69) is 49.4 Å². The average molecular weight is 228 g/mol. The van der Waals surface area contributed by atoms with Gasteiger partial charge in [0.15, 0.2) is 0 Å². The molecule has 0 amide bonds. The topological polar surface area (TPSA) is 9.23 Å². The van der Waals surface area contributed by atoms with Crippen LogP contribution in [-0.2, 0) is 11.2 Å². The van der Waals surface area contributed by atoms with Crippen LogP contribution in [-0.4, -0.2) is 6.10 Å². The highest BCUT2D eigenvalue weighted by atomic mass is 16.5. The van der Waals surface area contributed by atoms with Crippen molar-refractivity contribution >= 4 is 0 Å². The van der Waals surface area contributed by atoms with E-state index in [4.69, 9.17) is 4.74 Å². The molecule has 0 spiro atoms. The van der Waals surface area contributed by atoms with Crippen LogP contribution in [0.1, 0.15) is 31.7 Å². The second-order valence-corrected chi connectivity index (χ2v) is 4.52. The zero-order valence-electron chi connectivity index (χ0n) is 10.4. The summed E-state index contributed by atoms with van der Waals surface area (Å²) >= 11 is 0. The number of ether oxygens (including phenoxy) is 1. The smallest absolute Gasteiger partial charge is 0.116 e. The third-order valence-corrected chi connectivity index (χ3v) is 3.03. The quantitative estimate of drug-likeness (QED) is 0.731. The van der Waals surface area contributed by atoms with Crippen LogP contribution in [0.2, 0.25) is 0 Å². The predicted octanol–water partition coefficient (Wildman–Crippen LogP) is 4.26. The summed E-state index contributed by atoms with van der Waals surface area (Å²) in [6, 6.07) is 10.6. The summed E-state index contributed by atoms with van der Waals surface area (Å²) in [5.74, 6) is 0. The lowest BCUT2D eigenvalue weighted by atomic mass is 10.0. The molecule has 0 aliphatic carbocycles. The minimum atomic E-state index is 0.277. The van der Waals surface area contributed by atoms with E-state index in [1.807, 2.05) is 6.26 Å².